The van der Waals surface area contributed by atoms with Crippen molar-refractivity contribution < 1.29 is 10.2 Å². The van der Waals surface area contributed by atoms with Gasteiger partial charge in [-0.1, -0.05) is 28.8 Å². The Morgan fingerprint density at radius 1 is 1.33 bits per heavy atom. The largest absolute Gasteiger partial charge is 0.389 e. The highest BCUT2D eigenvalue weighted by Gasteiger charge is 2.43. The first-order valence-electron chi connectivity index (χ1n) is 7.94. The number of hydrogen-bond acceptors (Lipinski definition) is 3. The van der Waals surface area contributed by atoms with Crippen LogP contribution in [-0.4, -0.2) is 28.9 Å². The molecule has 0 amide bonds. The van der Waals surface area contributed by atoms with Crippen molar-refractivity contribution in [2.45, 2.75) is 50.7 Å². The summed E-state index contributed by atoms with van der Waals surface area (Å²) in [6.45, 7) is 3.58. The van der Waals surface area contributed by atoms with Gasteiger partial charge in [-0.25, -0.2) is 0 Å². The van der Waals surface area contributed by atoms with Gasteiger partial charge in [-0.3, -0.25) is 0 Å². The minimum Gasteiger partial charge on any atom is -0.389 e. The summed E-state index contributed by atoms with van der Waals surface area (Å²) in [7, 11) is 0. The lowest BCUT2D eigenvalue weighted by Gasteiger charge is -2.48. The topological polar surface area (TPSA) is 43.7 Å². The molecule has 1 saturated carbocycles. The number of aliphatic hydroxyl groups excluding tert-OH is 1. The summed E-state index contributed by atoms with van der Waals surface area (Å²) in [5.74, 6) is 0.366. The van der Waals surface area contributed by atoms with Gasteiger partial charge in [0.05, 0.1) is 11.7 Å². The van der Waals surface area contributed by atoms with E-state index in [1.54, 1.807) is 0 Å². The number of rotatable bonds is 2. The van der Waals surface area contributed by atoms with Crippen molar-refractivity contribution in [1.29, 1.82) is 0 Å². The number of anilines is 1. The molecule has 2 aliphatic rings. The van der Waals surface area contributed by atoms with E-state index in [0.29, 0.717) is 5.92 Å². The molecule has 1 aliphatic heterocycles. The molecule has 1 aromatic rings. The highest BCUT2D eigenvalue weighted by atomic mass is 79.9. The van der Waals surface area contributed by atoms with Crippen LogP contribution < -0.4 is 4.90 Å². The molecule has 3 unspecified atom stereocenters. The Kier molecular flexibility index (Phi) is 4.30. The lowest BCUT2D eigenvalue weighted by atomic mass is 9.71. The van der Waals surface area contributed by atoms with Gasteiger partial charge >= 0.3 is 0 Å². The van der Waals surface area contributed by atoms with Gasteiger partial charge in [0, 0.05) is 34.7 Å². The fraction of sp³-hybridized carbons (Fsp3) is 0.647. The van der Waals surface area contributed by atoms with E-state index in [4.69, 9.17) is 0 Å². The fourth-order valence-corrected chi connectivity index (χ4v) is 4.32. The van der Waals surface area contributed by atoms with Gasteiger partial charge in [-0.05, 0) is 44.4 Å². The van der Waals surface area contributed by atoms with Gasteiger partial charge in [0.25, 0.3) is 0 Å². The average Bonchev–Trinajstić information content (AvgIpc) is 2.46. The molecule has 1 heterocycles. The second kappa shape index (κ2) is 5.90. The molecule has 0 radical (unpaired) electrons. The molecule has 0 aromatic heterocycles. The highest BCUT2D eigenvalue weighted by Crippen LogP contribution is 2.42. The molecule has 4 heteroatoms. The standard InChI is InChI=1S/C17H24BrNO2/c1-12(20)15-10-14(18)5-6-16(15)19-9-8-17(21)7-3-2-4-13(17)11-19/h5-6,10,12-13,20-21H,2-4,7-9,11H2,1H3. The maximum Gasteiger partial charge on any atom is 0.0782 e. The molecule has 3 rings (SSSR count). The first-order chi connectivity index (χ1) is 9.99. The first kappa shape index (κ1) is 15.3. The van der Waals surface area contributed by atoms with E-state index in [0.717, 1.165) is 54.5 Å². The summed E-state index contributed by atoms with van der Waals surface area (Å²) in [5.41, 5.74) is 1.63. The second-order valence-electron chi connectivity index (χ2n) is 6.62. The van der Waals surface area contributed by atoms with Crippen molar-refractivity contribution in [1.82, 2.24) is 0 Å². The van der Waals surface area contributed by atoms with E-state index in [1.165, 1.54) is 6.42 Å². The van der Waals surface area contributed by atoms with Gasteiger partial charge in [0.1, 0.15) is 0 Å². The van der Waals surface area contributed by atoms with Gasteiger partial charge < -0.3 is 15.1 Å². The van der Waals surface area contributed by atoms with Crippen LogP contribution >= 0.6 is 15.9 Å². The van der Waals surface area contributed by atoms with Gasteiger partial charge in [0.2, 0.25) is 0 Å². The van der Waals surface area contributed by atoms with Gasteiger partial charge in [0.15, 0.2) is 0 Å². The number of nitrogens with zero attached hydrogens (tertiary/aromatic N) is 1. The number of halogens is 1. The normalized spacial score (nSPS) is 30.9. The molecular weight excluding hydrogens is 330 g/mol. The molecule has 116 valence electrons. The molecule has 1 saturated heterocycles. The Bertz CT molecular complexity index is 520. The Hall–Kier alpha value is -0.580. The van der Waals surface area contributed by atoms with Crippen LogP contribution in [0.15, 0.2) is 22.7 Å². The Morgan fingerprint density at radius 2 is 2.14 bits per heavy atom. The maximum atomic E-state index is 10.8. The van der Waals surface area contributed by atoms with Crippen molar-refractivity contribution in [3.05, 3.63) is 28.2 Å². The first-order valence-corrected chi connectivity index (χ1v) is 8.74. The van der Waals surface area contributed by atoms with Crippen molar-refractivity contribution in [2.24, 2.45) is 5.92 Å². The quantitative estimate of drug-likeness (QED) is 0.852. The summed E-state index contributed by atoms with van der Waals surface area (Å²) in [6, 6.07) is 6.11. The minimum absolute atomic E-state index is 0.366. The molecule has 0 bridgehead atoms. The van der Waals surface area contributed by atoms with Crippen LogP contribution in [0.4, 0.5) is 5.69 Å². The number of fused-ring (bicyclic) bond motifs is 1. The minimum atomic E-state index is -0.482. The molecule has 1 aromatic carbocycles. The molecule has 3 atom stereocenters. The van der Waals surface area contributed by atoms with Crippen LogP contribution in [0.2, 0.25) is 0 Å². The summed E-state index contributed by atoms with van der Waals surface area (Å²) >= 11 is 3.48. The molecule has 0 spiro atoms. The van der Waals surface area contributed by atoms with Gasteiger partial charge in [-0.2, -0.15) is 0 Å². The smallest absolute Gasteiger partial charge is 0.0782 e. The molecular formula is C17H24BrNO2. The van der Waals surface area contributed by atoms with Crippen LogP contribution in [0.25, 0.3) is 0 Å². The zero-order valence-corrected chi connectivity index (χ0v) is 14.1. The number of hydrogen-bond donors (Lipinski definition) is 2. The van der Waals surface area contributed by atoms with E-state index >= 15 is 0 Å². The number of aliphatic hydroxyl groups is 2. The SMILES string of the molecule is CC(O)c1cc(Br)ccc1N1CCC2(O)CCCCC2C1. The Balaban J connectivity index is 1.85. The monoisotopic (exact) mass is 353 g/mol. The number of piperidine rings is 1. The molecule has 2 fully saturated rings. The average molecular weight is 354 g/mol. The predicted molar refractivity (Wildman–Crippen MR) is 88.5 cm³/mol. The van der Waals surface area contributed by atoms with E-state index in [-0.39, 0.29) is 0 Å². The Morgan fingerprint density at radius 3 is 2.90 bits per heavy atom. The Labute approximate surface area is 135 Å². The van der Waals surface area contributed by atoms with Gasteiger partial charge in [-0.15, -0.1) is 0 Å². The zero-order valence-electron chi connectivity index (χ0n) is 12.6. The predicted octanol–water partition coefficient (Wildman–Crippen LogP) is 3.63. The number of benzene rings is 1. The van der Waals surface area contributed by atoms with Crippen LogP contribution in [0.5, 0.6) is 0 Å². The highest BCUT2D eigenvalue weighted by molar-refractivity contribution is 9.10. The summed E-state index contributed by atoms with van der Waals surface area (Å²) in [4.78, 5) is 2.35. The second-order valence-corrected chi connectivity index (χ2v) is 7.54. The van der Waals surface area contributed by atoms with E-state index in [9.17, 15) is 10.2 Å². The molecule has 2 N–H and O–H groups in total. The summed E-state index contributed by atoms with van der Waals surface area (Å²) in [5, 5.41) is 20.8. The van der Waals surface area contributed by atoms with Crippen LogP contribution in [0.1, 0.15) is 50.7 Å². The van der Waals surface area contributed by atoms with Crippen LogP contribution in [-0.2, 0) is 0 Å². The fourth-order valence-electron chi connectivity index (χ4n) is 3.94. The third kappa shape index (κ3) is 2.99. The summed E-state index contributed by atoms with van der Waals surface area (Å²) in [6.07, 6.45) is 4.81. The third-order valence-corrected chi connectivity index (χ3v) is 5.70. The maximum absolute atomic E-state index is 10.8. The van der Waals surface area contributed by atoms with Crippen LogP contribution in [0, 0.1) is 5.92 Å². The lowest BCUT2D eigenvalue weighted by molar-refractivity contribution is -0.0613. The van der Waals surface area contributed by atoms with E-state index in [1.807, 2.05) is 19.1 Å². The van der Waals surface area contributed by atoms with E-state index < -0.39 is 11.7 Å². The molecule has 21 heavy (non-hydrogen) atoms. The van der Waals surface area contributed by atoms with Crippen molar-refractivity contribution in [3.63, 3.8) is 0 Å². The van der Waals surface area contributed by atoms with Crippen LogP contribution in [0.3, 0.4) is 0 Å². The molecule has 3 nitrogen and oxygen atoms in total. The molecule has 1 aliphatic carbocycles. The zero-order chi connectivity index (χ0) is 15.0. The lowest BCUT2D eigenvalue weighted by Crippen LogP contribution is -2.53. The third-order valence-electron chi connectivity index (χ3n) is 5.21. The van der Waals surface area contributed by atoms with E-state index in [2.05, 4.69) is 26.9 Å². The van der Waals surface area contributed by atoms with Crippen molar-refractivity contribution >= 4 is 21.6 Å². The van der Waals surface area contributed by atoms with Crippen molar-refractivity contribution in [2.75, 3.05) is 18.0 Å². The van der Waals surface area contributed by atoms with Crippen molar-refractivity contribution in [3.8, 4) is 0 Å². The summed E-state index contributed by atoms with van der Waals surface area (Å²) < 4.78 is 0.994.